The van der Waals surface area contributed by atoms with E-state index in [0.717, 1.165) is 27.7 Å². The molecule has 4 rings (SSSR count). The maximum absolute atomic E-state index is 13.7. The van der Waals surface area contributed by atoms with E-state index in [1.165, 1.54) is 12.1 Å². The fourth-order valence-corrected chi connectivity index (χ4v) is 2.63. The number of fused-ring (bicyclic) bond motifs is 1. The van der Waals surface area contributed by atoms with Crippen molar-refractivity contribution in [2.45, 2.75) is 0 Å². The van der Waals surface area contributed by atoms with E-state index >= 15 is 0 Å². The molecule has 0 saturated carbocycles. The molecule has 0 spiro atoms. The van der Waals surface area contributed by atoms with Crippen LogP contribution in [0.5, 0.6) is 0 Å². The van der Waals surface area contributed by atoms with Gasteiger partial charge in [0.2, 0.25) is 0 Å². The molecule has 0 fully saturated rings. The third kappa shape index (κ3) is 2.57. The molecule has 0 unspecified atom stereocenters. The summed E-state index contributed by atoms with van der Waals surface area (Å²) in [5.41, 5.74) is 3.37. The van der Waals surface area contributed by atoms with Gasteiger partial charge < -0.3 is 0 Å². The summed E-state index contributed by atoms with van der Waals surface area (Å²) in [5.74, 6) is 0.356. The van der Waals surface area contributed by atoms with Gasteiger partial charge in [-0.2, -0.15) is 0 Å². The number of rotatable bonds is 2. The first-order valence-corrected chi connectivity index (χ1v) is 7.39. The van der Waals surface area contributed by atoms with Crippen molar-refractivity contribution in [2.24, 2.45) is 0 Å². The van der Waals surface area contributed by atoms with Crippen LogP contribution in [0.15, 0.2) is 78.9 Å². The maximum Gasteiger partial charge on any atom is 0.160 e. The van der Waals surface area contributed by atoms with Crippen molar-refractivity contribution in [3.05, 3.63) is 84.7 Å². The van der Waals surface area contributed by atoms with Crippen LogP contribution in [0.2, 0.25) is 0 Å². The van der Waals surface area contributed by atoms with Gasteiger partial charge in [-0.05, 0) is 18.2 Å². The van der Waals surface area contributed by atoms with Crippen molar-refractivity contribution in [1.82, 2.24) is 9.97 Å². The molecule has 2 nitrogen and oxygen atoms in total. The number of nitrogens with zero attached hydrogens (tertiary/aromatic N) is 2. The zero-order valence-corrected chi connectivity index (χ0v) is 12.3. The lowest BCUT2D eigenvalue weighted by molar-refractivity contribution is 0.629. The van der Waals surface area contributed by atoms with E-state index in [1.807, 2.05) is 60.7 Å². The average molecular weight is 300 g/mol. The van der Waals surface area contributed by atoms with E-state index in [2.05, 4.69) is 4.98 Å². The minimum absolute atomic E-state index is 0.286. The second-order valence-corrected chi connectivity index (χ2v) is 5.29. The Labute approximate surface area is 133 Å². The third-order valence-electron chi connectivity index (χ3n) is 3.74. The molecule has 0 saturated heterocycles. The van der Waals surface area contributed by atoms with Crippen LogP contribution in [0.1, 0.15) is 0 Å². The monoisotopic (exact) mass is 300 g/mol. The summed E-state index contributed by atoms with van der Waals surface area (Å²) in [6.07, 6.45) is 0. The maximum atomic E-state index is 13.7. The van der Waals surface area contributed by atoms with Crippen LogP contribution >= 0.6 is 0 Å². The van der Waals surface area contributed by atoms with Crippen LogP contribution in [0.3, 0.4) is 0 Å². The first-order chi connectivity index (χ1) is 11.3. The molecule has 0 N–H and O–H groups in total. The first kappa shape index (κ1) is 13.6. The molecule has 0 atom stereocenters. The number of aromatic nitrogens is 2. The van der Waals surface area contributed by atoms with Gasteiger partial charge in [-0.1, -0.05) is 60.7 Å². The lowest BCUT2D eigenvalue weighted by atomic mass is 10.1. The predicted octanol–water partition coefficient (Wildman–Crippen LogP) is 5.10. The van der Waals surface area contributed by atoms with Crippen LogP contribution in [-0.2, 0) is 0 Å². The average Bonchev–Trinajstić information content (AvgIpc) is 2.62. The minimum atomic E-state index is -0.286. The topological polar surface area (TPSA) is 25.8 Å². The van der Waals surface area contributed by atoms with Gasteiger partial charge in [0, 0.05) is 16.5 Å². The quantitative estimate of drug-likeness (QED) is 0.514. The van der Waals surface area contributed by atoms with Gasteiger partial charge in [-0.15, -0.1) is 0 Å². The summed E-state index contributed by atoms with van der Waals surface area (Å²) >= 11 is 0. The van der Waals surface area contributed by atoms with Gasteiger partial charge in [-0.3, -0.25) is 0 Å². The second-order valence-electron chi connectivity index (χ2n) is 5.29. The highest BCUT2D eigenvalue weighted by Crippen LogP contribution is 2.29. The summed E-state index contributed by atoms with van der Waals surface area (Å²) < 4.78 is 13.7. The summed E-state index contributed by atoms with van der Waals surface area (Å²) in [6, 6.07) is 24.2. The van der Waals surface area contributed by atoms with E-state index in [0.29, 0.717) is 5.82 Å². The summed E-state index contributed by atoms with van der Waals surface area (Å²) in [7, 11) is 0. The molecule has 0 aliphatic carbocycles. The Morgan fingerprint density at radius 1 is 0.652 bits per heavy atom. The minimum Gasteiger partial charge on any atom is -0.228 e. The Morgan fingerprint density at radius 2 is 1.30 bits per heavy atom. The predicted molar refractivity (Wildman–Crippen MR) is 90.4 cm³/mol. The van der Waals surface area contributed by atoms with Crippen molar-refractivity contribution >= 4 is 10.9 Å². The summed E-state index contributed by atoms with van der Waals surface area (Å²) in [5, 5.41) is 0.718. The molecule has 1 aromatic heterocycles. The Balaban J connectivity index is 2.04. The normalized spacial score (nSPS) is 10.8. The smallest absolute Gasteiger partial charge is 0.160 e. The van der Waals surface area contributed by atoms with Crippen LogP contribution < -0.4 is 0 Å². The van der Waals surface area contributed by atoms with Crippen molar-refractivity contribution in [3.63, 3.8) is 0 Å². The molecule has 3 aromatic carbocycles. The molecule has 3 heteroatoms. The van der Waals surface area contributed by atoms with Crippen molar-refractivity contribution in [3.8, 4) is 22.6 Å². The van der Waals surface area contributed by atoms with Crippen molar-refractivity contribution < 1.29 is 4.39 Å². The van der Waals surface area contributed by atoms with Crippen LogP contribution in [0.25, 0.3) is 33.5 Å². The second kappa shape index (κ2) is 5.61. The third-order valence-corrected chi connectivity index (χ3v) is 3.74. The van der Waals surface area contributed by atoms with Gasteiger partial charge in [0.25, 0.3) is 0 Å². The number of benzene rings is 3. The fourth-order valence-electron chi connectivity index (χ4n) is 2.63. The molecule has 110 valence electrons. The van der Waals surface area contributed by atoms with E-state index in [-0.39, 0.29) is 5.82 Å². The SMILES string of the molecule is Fc1ccc2nc(-c3ccccc3)nc(-c3ccccc3)c2c1. The molecule has 0 bridgehead atoms. The molecule has 0 aliphatic rings. The van der Waals surface area contributed by atoms with Gasteiger partial charge in [0.1, 0.15) is 5.82 Å². The molecule has 23 heavy (non-hydrogen) atoms. The zero-order chi connectivity index (χ0) is 15.6. The summed E-state index contributed by atoms with van der Waals surface area (Å²) in [4.78, 5) is 9.30. The van der Waals surface area contributed by atoms with Crippen molar-refractivity contribution in [2.75, 3.05) is 0 Å². The summed E-state index contributed by atoms with van der Waals surface area (Å²) in [6.45, 7) is 0. The number of hydrogen-bond donors (Lipinski definition) is 0. The van der Waals surface area contributed by atoms with Crippen molar-refractivity contribution in [1.29, 1.82) is 0 Å². The Kier molecular flexibility index (Phi) is 3.31. The Bertz CT molecular complexity index is 967. The fraction of sp³-hybridized carbons (Fsp3) is 0. The van der Waals surface area contributed by atoms with Gasteiger partial charge in [0.05, 0.1) is 11.2 Å². The highest BCUT2D eigenvalue weighted by atomic mass is 19.1. The molecule has 4 aromatic rings. The standard InChI is InChI=1S/C20H13FN2/c21-16-11-12-18-17(13-16)19(14-7-3-1-4-8-14)23-20(22-18)15-9-5-2-6-10-15/h1-13H. The number of hydrogen-bond acceptors (Lipinski definition) is 2. The lowest BCUT2D eigenvalue weighted by Crippen LogP contribution is -1.95. The Hall–Kier alpha value is -3.07. The molecular weight excluding hydrogens is 287 g/mol. The Morgan fingerprint density at radius 3 is 2.00 bits per heavy atom. The molecule has 0 amide bonds. The zero-order valence-electron chi connectivity index (χ0n) is 12.3. The van der Waals surface area contributed by atoms with E-state index < -0.39 is 0 Å². The van der Waals surface area contributed by atoms with E-state index in [9.17, 15) is 4.39 Å². The lowest BCUT2D eigenvalue weighted by Gasteiger charge is -2.09. The highest BCUT2D eigenvalue weighted by molar-refractivity contribution is 5.93. The van der Waals surface area contributed by atoms with Gasteiger partial charge in [-0.25, -0.2) is 14.4 Å². The van der Waals surface area contributed by atoms with E-state index in [4.69, 9.17) is 4.98 Å². The molecular formula is C20H13FN2. The molecule has 0 aliphatic heterocycles. The van der Waals surface area contributed by atoms with E-state index in [1.54, 1.807) is 6.07 Å². The van der Waals surface area contributed by atoms with Gasteiger partial charge in [0.15, 0.2) is 5.82 Å². The van der Waals surface area contributed by atoms with Crippen LogP contribution in [-0.4, -0.2) is 9.97 Å². The number of halogens is 1. The largest absolute Gasteiger partial charge is 0.228 e. The van der Waals surface area contributed by atoms with Gasteiger partial charge >= 0.3 is 0 Å². The molecule has 1 heterocycles. The van der Waals surface area contributed by atoms with Crippen LogP contribution in [0, 0.1) is 5.82 Å². The molecule has 0 radical (unpaired) electrons. The van der Waals surface area contributed by atoms with Crippen LogP contribution in [0.4, 0.5) is 4.39 Å². The first-order valence-electron chi connectivity index (χ1n) is 7.39. The highest BCUT2D eigenvalue weighted by Gasteiger charge is 2.11.